The van der Waals surface area contributed by atoms with Crippen LogP contribution >= 0.6 is 11.6 Å². The number of hydrogen-bond donors (Lipinski definition) is 1. The van der Waals surface area contributed by atoms with Gasteiger partial charge in [0.2, 0.25) is 0 Å². The number of benzene rings is 1. The van der Waals surface area contributed by atoms with Crippen molar-refractivity contribution in [2.45, 2.75) is 39.3 Å². The fraction of sp³-hybridized carbons (Fsp3) is 0.364. The van der Waals surface area contributed by atoms with Crippen molar-refractivity contribution in [3.63, 3.8) is 0 Å². The summed E-state index contributed by atoms with van der Waals surface area (Å²) in [6.45, 7) is 4.43. The van der Waals surface area contributed by atoms with Crippen molar-refractivity contribution in [3.8, 4) is 5.69 Å². The molecule has 1 unspecified atom stereocenters. The number of halogens is 1. The molecule has 1 aromatic carbocycles. The SMILES string of the molecule is COC(=O)c1c(N)n(-c2c(C)ccc3c2cnn3C2CCCCO2)c2nc(C)nc(Cl)c12. The number of nitrogens with zero attached hydrogens (tertiary/aromatic N) is 5. The highest BCUT2D eigenvalue weighted by molar-refractivity contribution is 6.36. The van der Waals surface area contributed by atoms with Gasteiger partial charge in [0.25, 0.3) is 0 Å². The molecule has 1 fully saturated rings. The Morgan fingerprint density at radius 1 is 1.28 bits per heavy atom. The molecule has 32 heavy (non-hydrogen) atoms. The number of esters is 1. The van der Waals surface area contributed by atoms with E-state index in [0.29, 0.717) is 16.9 Å². The molecule has 1 saturated heterocycles. The molecule has 1 aliphatic heterocycles. The number of anilines is 1. The van der Waals surface area contributed by atoms with E-state index >= 15 is 0 Å². The molecule has 0 saturated carbocycles. The summed E-state index contributed by atoms with van der Waals surface area (Å²) in [5, 5.41) is 6.01. The highest BCUT2D eigenvalue weighted by Gasteiger charge is 2.29. The minimum atomic E-state index is -0.600. The van der Waals surface area contributed by atoms with Gasteiger partial charge in [0.1, 0.15) is 22.4 Å². The number of nitrogens with two attached hydrogens (primary N) is 1. The van der Waals surface area contributed by atoms with E-state index in [2.05, 4.69) is 15.1 Å². The Hall–Kier alpha value is -3.17. The third-order valence-electron chi connectivity index (χ3n) is 5.91. The van der Waals surface area contributed by atoms with Crippen molar-refractivity contribution >= 4 is 45.3 Å². The number of carbonyl (C=O) groups is 1. The van der Waals surface area contributed by atoms with Crippen LogP contribution in [0.4, 0.5) is 5.82 Å². The van der Waals surface area contributed by atoms with Crippen molar-refractivity contribution in [1.82, 2.24) is 24.3 Å². The number of aryl methyl sites for hydroxylation is 2. The first kappa shape index (κ1) is 20.7. The predicted octanol–water partition coefficient (Wildman–Crippen LogP) is 4.11. The average Bonchev–Trinajstić information content (AvgIpc) is 3.33. The van der Waals surface area contributed by atoms with Crippen LogP contribution in [-0.4, -0.2) is 44.0 Å². The van der Waals surface area contributed by atoms with Crippen molar-refractivity contribution < 1.29 is 14.3 Å². The Kier molecular flexibility index (Phi) is 5.02. The summed E-state index contributed by atoms with van der Waals surface area (Å²) in [4.78, 5) is 21.4. The summed E-state index contributed by atoms with van der Waals surface area (Å²) in [5.41, 5.74) is 9.75. The first-order valence-corrected chi connectivity index (χ1v) is 10.8. The maximum absolute atomic E-state index is 12.6. The van der Waals surface area contributed by atoms with Crippen molar-refractivity contribution in [1.29, 1.82) is 0 Å². The monoisotopic (exact) mass is 454 g/mol. The highest BCUT2D eigenvalue weighted by Crippen LogP contribution is 2.38. The number of nitrogen functional groups attached to an aromatic ring is 1. The second-order valence-corrected chi connectivity index (χ2v) is 8.28. The smallest absolute Gasteiger partial charge is 0.342 e. The molecule has 0 amide bonds. The average molecular weight is 455 g/mol. The molecule has 2 N–H and O–H groups in total. The Balaban J connectivity index is 1.84. The largest absolute Gasteiger partial charge is 0.465 e. The molecular weight excluding hydrogens is 432 g/mol. The van der Waals surface area contributed by atoms with Crippen LogP contribution < -0.4 is 5.73 Å². The molecule has 5 rings (SSSR count). The second kappa shape index (κ2) is 7.75. The lowest BCUT2D eigenvalue weighted by molar-refractivity contribution is -0.0366. The normalized spacial score (nSPS) is 16.7. The lowest BCUT2D eigenvalue weighted by Gasteiger charge is -2.23. The van der Waals surface area contributed by atoms with Crippen LogP contribution in [0.5, 0.6) is 0 Å². The predicted molar refractivity (Wildman–Crippen MR) is 121 cm³/mol. The minimum Gasteiger partial charge on any atom is -0.465 e. The number of ether oxygens (including phenoxy) is 2. The zero-order valence-electron chi connectivity index (χ0n) is 18.1. The van der Waals surface area contributed by atoms with E-state index in [0.717, 1.165) is 48.0 Å². The van der Waals surface area contributed by atoms with Gasteiger partial charge in [-0.1, -0.05) is 17.7 Å². The Bertz CT molecular complexity index is 1370. The number of fused-ring (bicyclic) bond motifs is 2. The molecule has 9 nitrogen and oxygen atoms in total. The summed E-state index contributed by atoms with van der Waals surface area (Å²) in [7, 11) is 1.30. The lowest BCUT2D eigenvalue weighted by Crippen LogP contribution is -2.19. The topological polar surface area (TPSA) is 110 Å². The van der Waals surface area contributed by atoms with Crippen LogP contribution in [-0.2, 0) is 9.47 Å². The first-order valence-electron chi connectivity index (χ1n) is 10.4. The van der Waals surface area contributed by atoms with Crippen molar-refractivity contribution in [2.75, 3.05) is 19.5 Å². The summed E-state index contributed by atoms with van der Waals surface area (Å²) in [6.07, 6.45) is 4.75. The molecule has 1 atom stereocenters. The van der Waals surface area contributed by atoms with Gasteiger partial charge in [0, 0.05) is 12.0 Å². The van der Waals surface area contributed by atoms with E-state index in [9.17, 15) is 4.79 Å². The van der Waals surface area contributed by atoms with Crippen LogP contribution in [0.3, 0.4) is 0 Å². The standard InChI is InChI=1S/C22H23ClN6O3/c1-11-7-8-14-13(10-25-29(14)15-6-4-5-9-32-15)18(11)28-20(24)17(22(30)31-3)16-19(23)26-12(2)27-21(16)28/h7-8,10,15H,4-6,9,24H2,1-3H3. The van der Waals surface area contributed by atoms with Crippen LogP contribution in [0.2, 0.25) is 5.15 Å². The van der Waals surface area contributed by atoms with Gasteiger partial charge in [0.15, 0.2) is 11.9 Å². The van der Waals surface area contributed by atoms with E-state index in [1.165, 1.54) is 7.11 Å². The first-order chi connectivity index (χ1) is 15.4. The van der Waals surface area contributed by atoms with Crippen LogP contribution in [0, 0.1) is 13.8 Å². The second-order valence-electron chi connectivity index (χ2n) is 7.92. The molecule has 166 valence electrons. The molecular formula is C22H23ClN6O3. The van der Waals surface area contributed by atoms with Crippen LogP contribution in [0.1, 0.15) is 47.2 Å². The Morgan fingerprint density at radius 3 is 2.81 bits per heavy atom. The van der Waals surface area contributed by atoms with Crippen molar-refractivity contribution in [3.05, 3.63) is 40.4 Å². The number of hydrogen-bond acceptors (Lipinski definition) is 7. The van der Waals surface area contributed by atoms with Gasteiger partial charge in [0.05, 0.1) is 29.9 Å². The maximum Gasteiger partial charge on any atom is 0.342 e. The number of methoxy groups -OCH3 is 1. The fourth-order valence-electron chi connectivity index (χ4n) is 4.45. The van der Waals surface area contributed by atoms with Gasteiger partial charge in [-0.05, 0) is 44.7 Å². The van der Waals surface area contributed by atoms with Gasteiger partial charge < -0.3 is 15.2 Å². The minimum absolute atomic E-state index is 0.111. The molecule has 3 aromatic heterocycles. The van der Waals surface area contributed by atoms with Gasteiger partial charge in [-0.25, -0.2) is 19.4 Å². The number of aromatic nitrogens is 5. The molecule has 0 radical (unpaired) electrons. The Morgan fingerprint density at radius 2 is 2.09 bits per heavy atom. The van der Waals surface area contributed by atoms with Crippen molar-refractivity contribution in [2.24, 2.45) is 0 Å². The zero-order chi connectivity index (χ0) is 22.6. The van der Waals surface area contributed by atoms with E-state index < -0.39 is 5.97 Å². The van der Waals surface area contributed by atoms with Crippen LogP contribution in [0.25, 0.3) is 27.6 Å². The third-order valence-corrected chi connectivity index (χ3v) is 6.19. The summed E-state index contributed by atoms with van der Waals surface area (Å²) < 4.78 is 14.6. The fourth-order valence-corrected chi connectivity index (χ4v) is 4.75. The number of rotatable bonds is 3. The van der Waals surface area contributed by atoms with Gasteiger partial charge in [-0.15, -0.1) is 0 Å². The maximum atomic E-state index is 12.6. The molecule has 4 heterocycles. The van der Waals surface area contributed by atoms with Gasteiger partial charge in [-0.3, -0.25) is 4.57 Å². The lowest BCUT2D eigenvalue weighted by atomic mass is 10.1. The molecule has 0 aliphatic carbocycles. The highest BCUT2D eigenvalue weighted by atomic mass is 35.5. The molecule has 0 bridgehead atoms. The molecule has 1 aliphatic rings. The van der Waals surface area contributed by atoms with E-state index in [4.69, 9.17) is 26.8 Å². The Labute approximate surface area is 189 Å². The van der Waals surface area contributed by atoms with E-state index in [-0.39, 0.29) is 22.8 Å². The molecule has 10 heteroatoms. The van der Waals surface area contributed by atoms with Gasteiger partial charge >= 0.3 is 5.97 Å². The van der Waals surface area contributed by atoms with Gasteiger partial charge in [-0.2, -0.15) is 5.10 Å². The molecule has 4 aromatic rings. The third kappa shape index (κ3) is 3.03. The zero-order valence-corrected chi connectivity index (χ0v) is 18.8. The summed E-state index contributed by atoms with van der Waals surface area (Å²) >= 11 is 6.44. The molecule has 0 spiro atoms. The summed E-state index contributed by atoms with van der Waals surface area (Å²) in [5.74, 6) is 0.0523. The summed E-state index contributed by atoms with van der Waals surface area (Å²) in [6, 6.07) is 4.02. The van der Waals surface area contributed by atoms with E-state index in [1.807, 2.05) is 23.7 Å². The quantitative estimate of drug-likeness (QED) is 0.366. The van der Waals surface area contributed by atoms with Crippen LogP contribution in [0.15, 0.2) is 18.3 Å². The number of carbonyl (C=O) groups excluding carboxylic acids is 1. The van der Waals surface area contributed by atoms with E-state index in [1.54, 1.807) is 17.7 Å².